The van der Waals surface area contributed by atoms with Crippen LogP contribution in [0.25, 0.3) is 11.3 Å². The molecule has 2 rings (SSSR count). The summed E-state index contributed by atoms with van der Waals surface area (Å²) in [5.41, 5.74) is 2.87. The fourth-order valence-electron chi connectivity index (χ4n) is 1.88. The van der Waals surface area contributed by atoms with E-state index >= 15 is 0 Å². The van der Waals surface area contributed by atoms with Crippen LogP contribution in [0, 0.1) is 12.8 Å². The van der Waals surface area contributed by atoms with Gasteiger partial charge in [0.2, 0.25) is 5.91 Å². The summed E-state index contributed by atoms with van der Waals surface area (Å²) in [7, 11) is 0. The summed E-state index contributed by atoms with van der Waals surface area (Å²) in [6.45, 7) is 5.98. The Morgan fingerprint density at radius 2 is 2.00 bits per heavy atom. The highest BCUT2D eigenvalue weighted by molar-refractivity contribution is 5.91. The largest absolute Gasteiger partial charge is 0.342 e. The van der Waals surface area contributed by atoms with Crippen LogP contribution >= 0.6 is 0 Å². The number of amides is 1. The number of benzene rings is 1. The van der Waals surface area contributed by atoms with E-state index in [-0.39, 0.29) is 5.91 Å². The van der Waals surface area contributed by atoms with Gasteiger partial charge in [0.25, 0.3) is 0 Å². The highest BCUT2D eigenvalue weighted by Gasteiger charge is 2.06. The Kier molecular flexibility index (Phi) is 4.00. The third-order valence-electron chi connectivity index (χ3n) is 2.78. The Bertz CT molecular complexity index is 555. The first-order valence-corrected chi connectivity index (χ1v) is 6.46. The van der Waals surface area contributed by atoms with Gasteiger partial charge in [-0.05, 0) is 30.5 Å². The summed E-state index contributed by atoms with van der Waals surface area (Å²) in [6.07, 6.45) is 2.35. The lowest BCUT2D eigenvalue weighted by Gasteiger charge is -2.07. The highest BCUT2D eigenvalue weighted by atomic mass is 16.1. The van der Waals surface area contributed by atoms with E-state index in [1.54, 1.807) is 0 Å². The van der Waals surface area contributed by atoms with Gasteiger partial charge in [0.15, 0.2) is 0 Å². The van der Waals surface area contributed by atoms with E-state index < -0.39 is 0 Å². The maximum absolute atomic E-state index is 11.7. The minimum atomic E-state index is 0.0557. The molecule has 2 N–H and O–H groups in total. The van der Waals surface area contributed by atoms with Crippen LogP contribution in [0.15, 0.2) is 30.5 Å². The number of hydrogen-bond acceptors (Lipinski definition) is 2. The van der Waals surface area contributed by atoms with Crippen molar-refractivity contribution in [3.63, 3.8) is 0 Å². The molecule has 4 nitrogen and oxygen atoms in total. The minimum Gasteiger partial charge on any atom is -0.342 e. The van der Waals surface area contributed by atoms with Gasteiger partial charge < -0.3 is 10.3 Å². The first-order valence-electron chi connectivity index (χ1n) is 6.46. The van der Waals surface area contributed by atoms with Crippen molar-refractivity contribution in [3.05, 3.63) is 36.3 Å². The third kappa shape index (κ3) is 3.68. The van der Waals surface area contributed by atoms with E-state index in [4.69, 9.17) is 0 Å². The number of rotatable bonds is 4. The smallest absolute Gasteiger partial charge is 0.224 e. The number of H-pyrrole nitrogens is 1. The topological polar surface area (TPSA) is 57.8 Å². The van der Waals surface area contributed by atoms with Gasteiger partial charge in [0.05, 0.1) is 11.9 Å². The molecular weight excluding hydrogens is 238 g/mol. The maximum Gasteiger partial charge on any atom is 0.224 e. The molecule has 1 heterocycles. The van der Waals surface area contributed by atoms with Crippen LogP contribution in [0.2, 0.25) is 0 Å². The number of nitrogens with one attached hydrogen (secondary N) is 2. The zero-order valence-electron chi connectivity index (χ0n) is 11.5. The molecule has 0 fully saturated rings. The van der Waals surface area contributed by atoms with Crippen LogP contribution in [-0.4, -0.2) is 15.9 Å². The van der Waals surface area contributed by atoms with Crippen molar-refractivity contribution in [1.82, 2.24) is 9.97 Å². The highest BCUT2D eigenvalue weighted by Crippen LogP contribution is 2.19. The summed E-state index contributed by atoms with van der Waals surface area (Å²) in [4.78, 5) is 19.0. The van der Waals surface area contributed by atoms with Crippen molar-refractivity contribution in [1.29, 1.82) is 0 Å². The molecule has 0 aliphatic carbocycles. The Morgan fingerprint density at radius 3 is 2.53 bits per heavy atom. The number of hydrogen-bond donors (Lipinski definition) is 2. The first kappa shape index (κ1) is 13.3. The van der Waals surface area contributed by atoms with E-state index in [1.165, 1.54) is 0 Å². The van der Waals surface area contributed by atoms with Gasteiger partial charge in [0, 0.05) is 12.1 Å². The number of anilines is 1. The van der Waals surface area contributed by atoms with Gasteiger partial charge in [-0.3, -0.25) is 4.79 Å². The van der Waals surface area contributed by atoms with Crippen LogP contribution in [0.1, 0.15) is 26.1 Å². The van der Waals surface area contributed by atoms with Gasteiger partial charge >= 0.3 is 0 Å². The molecule has 2 aromatic rings. The van der Waals surface area contributed by atoms with Crippen LogP contribution in [0.5, 0.6) is 0 Å². The zero-order chi connectivity index (χ0) is 13.8. The average Bonchev–Trinajstić information content (AvgIpc) is 2.75. The van der Waals surface area contributed by atoms with Crippen LogP contribution in [-0.2, 0) is 4.79 Å². The second-order valence-corrected chi connectivity index (χ2v) is 5.11. The predicted octanol–water partition coefficient (Wildman–Crippen LogP) is 3.37. The average molecular weight is 257 g/mol. The number of carbonyl (C=O) groups is 1. The molecule has 0 unspecified atom stereocenters. The second kappa shape index (κ2) is 5.69. The Balaban J connectivity index is 2.04. The van der Waals surface area contributed by atoms with Crippen LogP contribution in [0.4, 0.5) is 5.69 Å². The van der Waals surface area contributed by atoms with Gasteiger partial charge in [-0.15, -0.1) is 0 Å². The predicted molar refractivity (Wildman–Crippen MR) is 76.8 cm³/mol. The molecule has 1 aromatic carbocycles. The molecule has 0 saturated heterocycles. The van der Waals surface area contributed by atoms with Crippen molar-refractivity contribution >= 4 is 11.6 Å². The second-order valence-electron chi connectivity index (χ2n) is 5.11. The summed E-state index contributed by atoms with van der Waals surface area (Å²) < 4.78 is 0. The molecule has 0 atom stereocenters. The van der Waals surface area contributed by atoms with Crippen molar-refractivity contribution < 1.29 is 4.79 Å². The normalized spacial score (nSPS) is 10.7. The van der Waals surface area contributed by atoms with E-state index in [9.17, 15) is 4.79 Å². The molecule has 1 amide bonds. The summed E-state index contributed by atoms with van der Waals surface area (Å²) >= 11 is 0. The molecule has 0 radical (unpaired) electrons. The number of carbonyl (C=O) groups excluding carboxylic acids is 1. The van der Waals surface area contributed by atoms with E-state index in [1.807, 2.05) is 51.2 Å². The standard InChI is InChI=1S/C15H19N3O/c1-10(2)8-15(19)18-13-6-4-12(5-7-13)14-9-16-11(3)17-14/h4-7,9-10H,8H2,1-3H3,(H,16,17)(H,18,19). The van der Waals surface area contributed by atoms with Gasteiger partial charge in [-0.25, -0.2) is 4.98 Å². The SMILES string of the molecule is Cc1ncc(-c2ccc(NC(=O)CC(C)C)cc2)[nH]1. The summed E-state index contributed by atoms with van der Waals surface area (Å²) in [5.74, 6) is 1.32. The molecule has 4 heteroatoms. The lowest BCUT2D eigenvalue weighted by molar-refractivity contribution is -0.116. The van der Waals surface area contributed by atoms with Crippen molar-refractivity contribution in [2.45, 2.75) is 27.2 Å². The van der Waals surface area contributed by atoms with E-state index in [0.29, 0.717) is 12.3 Å². The Hall–Kier alpha value is -2.10. The minimum absolute atomic E-state index is 0.0557. The van der Waals surface area contributed by atoms with Gasteiger partial charge in [-0.2, -0.15) is 0 Å². The number of aryl methyl sites for hydroxylation is 1. The molecule has 19 heavy (non-hydrogen) atoms. The molecule has 100 valence electrons. The fraction of sp³-hybridized carbons (Fsp3) is 0.333. The summed E-state index contributed by atoms with van der Waals surface area (Å²) in [6, 6.07) is 7.75. The Morgan fingerprint density at radius 1 is 1.32 bits per heavy atom. The molecule has 0 aliphatic rings. The first-order chi connectivity index (χ1) is 9.04. The number of aromatic amines is 1. The van der Waals surface area contributed by atoms with E-state index in [0.717, 1.165) is 22.8 Å². The number of aromatic nitrogens is 2. The lowest BCUT2D eigenvalue weighted by Crippen LogP contribution is -2.13. The van der Waals surface area contributed by atoms with Crippen molar-refractivity contribution in [2.24, 2.45) is 5.92 Å². The molecule has 0 saturated carbocycles. The number of nitrogens with zero attached hydrogens (tertiary/aromatic N) is 1. The molecular formula is C15H19N3O. The fourth-order valence-corrected chi connectivity index (χ4v) is 1.88. The van der Waals surface area contributed by atoms with Gasteiger partial charge in [-0.1, -0.05) is 26.0 Å². The quantitative estimate of drug-likeness (QED) is 0.882. The third-order valence-corrected chi connectivity index (χ3v) is 2.78. The van der Waals surface area contributed by atoms with E-state index in [2.05, 4.69) is 15.3 Å². The Labute approximate surface area is 113 Å². The van der Waals surface area contributed by atoms with Crippen LogP contribution in [0.3, 0.4) is 0 Å². The molecule has 0 bridgehead atoms. The lowest BCUT2D eigenvalue weighted by atomic mass is 10.1. The molecule has 0 aliphatic heterocycles. The maximum atomic E-state index is 11.7. The summed E-state index contributed by atoms with van der Waals surface area (Å²) in [5, 5.41) is 2.89. The molecule has 0 spiro atoms. The number of imidazole rings is 1. The molecule has 1 aromatic heterocycles. The van der Waals surface area contributed by atoms with Crippen molar-refractivity contribution in [2.75, 3.05) is 5.32 Å². The van der Waals surface area contributed by atoms with Crippen molar-refractivity contribution in [3.8, 4) is 11.3 Å². The van der Waals surface area contributed by atoms with Crippen LogP contribution < -0.4 is 5.32 Å². The zero-order valence-corrected chi connectivity index (χ0v) is 11.5. The van der Waals surface area contributed by atoms with Gasteiger partial charge in [0.1, 0.15) is 5.82 Å². The monoisotopic (exact) mass is 257 g/mol.